The van der Waals surface area contributed by atoms with Crippen molar-refractivity contribution in [3.8, 4) is 0 Å². The fourth-order valence-electron chi connectivity index (χ4n) is 1.34. The van der Waals surface area contributed by atoms with Crippen LogP contribution in [0.1, 0.15) is 38.4 Å². The maximum atomic E-state index is 12.3. The Morgan fingerprint density at radius 3 is 2.69 bits per heavy atom. The summed E-state index contributed by atoms with van der Waals surface area (Å²) in [7, 11) is 0. The molecule has 0 aliphatic rings. The highest BCUT2D eigenvalue weighted by atomic mass is 19.3. The fourth-order valence-corrected chi connectivity index (χ4v) is 1.34. The van der Waals surface area contributed by atoms with Gasteiger partial charge in [0.05, 0.1) is 6.61 Å². The van der Waals surface area contributed by atoms with Crippen LogP contribution in [0.2, 0.25) is 0 Å². The zero-order chi connectivity index (χ0) is 12.1. The van der Waals surface area contributed by atoms with Gasteiger partial charge in [0.15, 0.2) is 0 Å². The zero-order valence-electron chi connectivity index (χ0n) is 9.19. The molecule has 0 unspecified atom stereocenters. The third-order valence-corrected chi connectivity index (χ3v) is 2.12. The molecule has 0 aliphatic heterocycles. The summed E-state index contributed by atoms with van der Waals surface area (Å²) in [6, 6.07) is 0.569. The molecule has 1 rings (SSSR count). The van der Waals surface area contributed by atoms with Crippen molar-refractivity contribution in [1.82, 2.24) is 9.78 Å². The molecule has 0 bridgehead atoms. The lowest BCUT2D eigenvalue weighted by atomic mass is 10.2. The van der Waals surface area contributed by atoms with Gasteiger partial charge in [0.2, 0.25) is 0 Å². The number of nitrogens with zero attached hydrogens (tertiary/aromatic N) is 2. The van der Waals surface area contributed by atoms with Gasteiger partial charge in [-0.25, -0.2) is 13.6 Å². The Hall–Kier alpha value is -1.46. The number of rotatable bonds is 5. The van der Waals surface area contributed by atoms with E-state index in [4.69, 9.17) is 4.74 Å². The summed E-state index contributed by atoms with van der Waals surface area (Å²) in [4.78, 5) is 11.5. The van der Waals surface area contributed by atoms with E-state index in [1.54, 1.807) is 13.8 Å². The maximum absolute atomic E-state index is 12.3. The van der Waals surface area contributed by atoms with Crippen molar-refractivity contribution in [2.24, 2.45) is 0 Å². The van der Waals surface area contributed by atoms with Gasteiger partial charge in [-0.15, -0.1) is 0 Å². The molecule has 4 nitrogen and oxygen atoms in total. The second-order valence-corrected chi connectivity index (χ2v) is 3.20. The molecule has 0 saturated carbocycles. The molecular formula is C10H14F2N2O2. The molecule has 16 heavy (non-hydrogen) atoms. The van der Waals surface area contributed by atoms with Crippen LogP contribution in [-0.4, -0.2) is 22.4 Å². The molecule has 1 atom stereocenters. The van der Waals surface area contributed by atoms with Crippen molar-refractivity contribution in [3.63, 3.8) is 0 Å². The number of hydrogen-bond donors (Lipinski definition) is 0. The van der Waals surface area contributed by atoms with Crippen LogP contribution in [0.3, 0.4) is 0 Å². The Morgan fingerprint density at radius 1 is 1.56 bits per heavy atom. The van der Waals surface area contributed by atoms with Gasteiger partial charge in [0, 0.05) is 6.20 Å². The van der Waals surface area contributed by atoms with Crippen LogP contribution in [0, 0.1) is 0 Å². The minimum atomic E-state index is -2.62. The second kappa shape index (κ2) is 5.58. The molecule has 0 fully saturated rings. The van der Waals surface area contributed by atoms with Crippen LogP contribution in [-0.2, 0) is 9.53 Å². The first-order chi connectivity index (χ1) is 7.60. The Balaban J connectivity index is 2.82. The van der Waals surface area contributed by atoms with Crippen molar-refractivity contribution in [2.45, 2.75) is 32.7 Å². The van der Waals surface area contributed by atoms with E-state index in [0.29, 0.717) is 6.42 Å². The number of esters is 1. The summed E-state index contributed by atoms with van der Waals surface area (Å²) in [5.41, 5.74) is -0.331. The van der Waals surface area contributed by atoms with Crippen molar-refractivity contribution in [1.29, 1.82) is 0 Å². The van der Waals surface area contributed by atoms with Crippen LogP contribution in [0.4, 0.5) is 8.78 Å². The number of ether oxygens (including phenoxy) is 1. The van der Waals surface area contributed by atoms with Crippen LogP contribution in [0.25, 0.3) is 0 Å². The lowest BCUT2D eigenvalue weighted by molar-refractivity contribution is -0.147. The highest BCUT2D eigenvalue weighted by Gasteiger charge is 2.22. The average molecular weight is 232 g/mol. The summed E-state index contributed by atoms with van der Waals surface area (Å²) in [6.45, 7) is 3.72. The van der Waals surface area contributed by atoms with Gasteiger partial charge in [-0.3, -0.25) is 4.68 Å². The molecule has 0 amide bonds. The first-order valence-corrected chi connectivity index (χ1v) is 5.10. The van der Waals surface area contributed by atoms with Crippen molar-refractivity contribution < 1.29 is 18.3 Å². The molecule has 0 N–H and O–H groups in total. The van der Waals surface area contributed by atoms with Gasteiger partial charge in [-0.05, 0) is 19.4 Å². The van der Waals surface area contributed by atoms with Gasteiger partial charge in [0.1, 0.15) is 11.7 Å². The van der Waals surface area contributed by atoms with Gasteiger partial charge in [-0.2, -0.15) is 5.10 Å². The fraction of sp³-hybridized carbons (Fsp3) is 0.600. The highest BCUT2D eigenvalue weighted by molar-refractivity contribution is 5.73. The molecule has 0 aliphatic carbocycles. The normalized spacial score (nSPS) is 12.8. The Kier molecular flexibility index (Phi) is 4.39. The predicted molar refractivity (Wildman–Crippen MR) is 53.1 cm³/mol. The van der Waals surface area contributed by atoms with Crippen molar-refractivity contribution >= 4 is 5.97 Å². The standard InChI is InChI=1S/C10H14F2N2O2/c1-3-8(10(15)16-4-2)14-6-5-7(13-14)9(11)12/h5-6,8-9H,3-4H2,1-2H3/t8-/m0/s1. The molecule has 1 aromatic rings. The third-order valence-electron chi connectivity index (χ3n) is 2.12. The molecule has 1 aromatic heterocycles. The van der Waals surface area contributed by atoms with E-state index >= 15 is 0 Å². The van der Waals surface area contributed by atoms with E-state index in [1.807, 2.05) is 0 Å². The molecule has 1 heterocycles. The first kappa shape index (κ1) is 12.6. The number of halogens is 2. The summed E-state index contributed by atoms with van der Waals surface area (Å²) in [6.07, 6.45) is -0.809. The second-order valence-electron chi connectivity index (χ2n) is 3.20. The minimum Gasteiger partial charge on any atom is -0.464 e. The van der Waals surface area contributed by atoms with E-state index in [-0.39, 0.29) is 12.3 Å². The molecule has 0 saturated heterocycles. The highest BCUT2D eigenvalue weighted by Crippen LogP contribution is 2.19. The Morgan fingerprint density at radius 2 is 2.25 bits per heavy atom. The summed E-state index contributed by atoms with van der Waals surface area (Å²) < 4.78 is 30.7. The summed E-state index contributed by atoms with van der Waals surface area (Å²) in [5, 5.41) is 3.65. The van der Waals surface area contributed by atoms with Crippen LogP contribution in [0.15, 0.2) is 12.3 Å². The smallest absolute Gasteiger partial charge is 0.330 e. The number of aromatic nitrogens is 2. The molecule has 90 valence electrons. The molecule has 0 aromatic carbocycles. The average Bonchev–Trinajstić information content (AvgIpc) is 2.68. The minimum absolute atomic E-state index is 0.262. The number of carbonyl (C=O) groups is 1. The number of carbonyl (C=O) groups excluding carboxylic acids is 1. The van der Waals surface area contributed by atoms with E-state index in [9.17, 15) is 13.6 Å². The first-order valence-electron chi connectivity index (χ1n) is 5.10. The number of alkyl halides is 2. The summed E-state index contributed by atoms with van der Waals surface area (Å²) in [5.74, 6) is -0.450. The lowest BCUT2D eigenvalue weighted by Gasteiger charge is -2.13. The van der Waals surface area contributed by atoms with Crippen LogP contribution >= 0.6 is 0 Å². The number of hydrogen-bond acceptors (Lipinski definition) is 3. The quantitative estimate of drug-likeness (QED) is 0.732. The lowest BCUT2D eigenvalue weighted by Crippen LogP contribution is -2.22. The van der Waals surface area contributed by atoms with Gasteiger partial charge < -0.3 is 4.74 Å². The predicted octanol–water partition coefficient (Wildman–Crippen LogP) is 2.33. The summed E-state index contributed by atoms with van der Waals surface area (Å²) >= 11 is 0. The van der Waals surface area contributed by atoms with Crippen molar-refractivity contribution in [2.75, 3.05) is 6.61 Å². The Bertz CT molecular complexity index is 352. The molecular weight excluding hydrogens is 218 g/mol. The molecule has 0 spiro atoms. The van der Waals surface area contributed by atoms with Crippen LogP contribution in [0.5, 0.6) is 0 Å². The maximum Gasteiger partial charge on any atom is 0.330 e. The van der Waals surface area contributed by atoms with Crippen molar-refractivity contribution in [3.05, 3.63) is 18.0 Å². The molecule has 6 heteroatoms. The zero-order valence-corrected chi connectivity index (χ0v) is 9.19. The molecule has 0 radical (unpaired) electrons. The monoisotopic (exact) mass is 232 g/mol. The van der Waals surface area contributed by atoms with E-state index < -0.39 is 18.4 Å². The topological polar surface area (TPSA) is 44.1 Å². The van der Waals surface area contributed by atoms with E-state index in [2.05, 4.69) is 5.10 Å². The third kappa shape index (κ3) is 2.77. The van der Waals surface area contributed by atoms with E-state index in [1.165, 1.54) is 16.9 Å². The van der Waals surface area contributed by atoms with E-state index in [0.717, 1.165) is 0 Å². The Labute approximate surface area is 92.2 Å². The SMILES string of the molecule is CCOC(=O)[C@H](CC)n1ccc(C(F)F)n1. The van der Waals surface area contributed by atoms with Gasteiger partial charge >= 0.3 is 5.97 Å². The largest absolute Gasteiger partial charge is 0.464 e. The van der Waals surface area contributed by atoms with Gasteiger partial charge in [-0.1, -0.05) is 6.92 Å². The van der Waals surface area contributed by atoms with Crippen LogP contribution < -0.4 is 0 Å². The van der Waals surface area contributed by atoms with Gasteiger partial charge in [0.25, 0.3) is 6.43 Å².